The summed E-state index contributed by atoms with van der Waals surface area (Å²) in [7, 11) is 0. The Morgan fingerprint density at radius 1 is 1.73 bits per heavy atom. The molecule has 0 atom stereocenters. The van der Waals surface area contributed by atoms with Gasteiger partial charge in [0, 0.05) is 12.8 Å². The van der Waals surface area contributed by atoms with Crippen molar-refractivity contribution in [2.45, 2.75) is 13.5 Å². The Labute approximate surface area is 79.9 Å². The fraction of sp³-hybridized carbons (Fsp3) is 0.571. The van der Waals surface area contributed by atoms with Crippen molar-refractivity contribution >= 4 is 22.6 Å². The van der Waals surface area contributed by atoms with Crippen LogP contribution >= 0.6 is 22.6 Å². The number of nitrogens with zero attached hydrogens (tertiary/aromatic N) is 2. The quantitative estimate of drug-likeness (QED) is 0.610. The molecular weight excluding hydrogens is 255 g/mol. The highest BCUT2D eigenvalue weighted by Gasteiger charge is 1.93. The molecule has 0 aromatic carbocycles. The van der Waals surface area contributed by atoms with E-state index in [0.29, 0.717) is 0 Å². The first-order chi connectivity index (χ1) is 5.33. The Kier molecular flexibility index (Phi) is 3.85. The van der Waals surface area contributed by atoms with Gasteiger partial charge in [-0.15, -0.1) is 0 Å². The lowest BCUT2D eigenvalue weighted by Gasteiger charge is -2.00. The van der Waals surface area contributed by atoms with E-state index in [1.807, 2.05) is 23.9 Å². The van der Waals surface area contributed by atoms with Crippen LogP contribution in [-0.4, -0.2) is 23.0 Å². The largest absolute Gasteiger partial charge is 0.380 e. The van der Waals surface area contributed by atoms with Crippen LogP contribution < -0.4 is 0 Å². The molecule has 1 aromatic heterocycles. The van der Waals surface area contributed by atoms with Crippen LogP contribution in [0.2, 0.25) is 0 Å². The fourth-order valence-corrected chi connectivity index (χ4v) is 1.20. The number of rotatable bonds is 4. The lowest BCUT2D eigenvalue weighted by atomic mass is 10.6. The highest BCUT2D eigenvalue weighted by atomic mass is 127. The van der Waals surface area contributed by atoms with E-state index in [-0.39, 0.29) is 0 Å². The van der Waals surface area contributed by atoms with E-state index in [0.717, 1.165) is 23.5 Å². The van der Waals surface area contributed by atoms with Gasteiger partial charge in [0.15, 0.2) is 0 Å². The number of aromatic nitrogens is 2. The summed E-state index contributed by atoms with van der Waals surface area (Å²) in [6.45, 7) is 4.36. The maximum Gasteiger partial charge on any atom is 0.123 e. The van der Waals surface area contributed by atoms with Crippen molar-refractivity contribution in [1.29, 1.82) is 0 Å². The minimum absolute atomic E-state index is 0.744. The molecule has 11 heavy (non-hydrogen) atoms. The molecule has 0 aliphatic rings. The molecular formula is C7H11IN2O. The number of hydrogen-bond acceptors (Lipinski definition) is 2. The van der Waals surface area contributed by atoms with Crippen molar-refractivity contribution in [2.75, 3.05) is 13.2 Å². The molecule has 0 bridgehead atoms. The summed E-state index contributed by atoms with van der Waals surface area (Å²) in [5, 5.41) is 4.21. The predicted molar refractivity (Wildman–Crippen MR) is 51.4 cm³/mol. The number of ether oxygens (including phenoxy) is 1. The van der Waals surface area contributed by atoms with E-state index >= 15 is 0 Å². The zero-order chi connectivity index (χ0) is 8.10. The molecule has 0 saturated heterocycles. The van der Waals surface area contributed by atoms with Gasteiger partial charge in [0.1, 0.15) is 3.70 Å². The monoisotopic (exact) mass is 266 g/mol. The van der Waals surface area contributed by atoms with Gasteiger partial charge in [0.2, 0.25) is 0 Å². The molecule has 1 heterocycles. The molecule has 1 aromatic rings. The lowest BCUT2D eigenvalue weighted by molar-refractivity contribution is 0.136. The Morgan fingerprint density at radius 2 is 2.55 bits per heavy atom. The van der Waals surface area contributed by atoms with Gasteiger partial charge in [-0.05, 0) is 35.6 Å². The third-order valence-electron chi connectivity index (χ3n) is 1.28. The third kappa shape index (κ3) is 3.20. The maximum absolute atomic E-state index is 5.18. The molecule has 0 N–H and O–H groups in total. The molecule has 0 radical (unpaired) electrons. The molecule has 3 nitrogen and oxygen atoms in total. The Bertz CT molecular complexity index is 212. The summed E-state index contributed by atoms with van der Waals surface area (Å²) in [5.74, 6) is 0. The van der Waals surface area contributed by atoms with Crippen molar-refractivity contribution in [3.63, 3.8) is 0 Å². The van der Waals surface area contributed by atoms with Crippen LogP contribution in [0, 0.1) is 3.70 Å². The van der Waals surface area contributed by atoms with Gasteiger partial charge in [-0.1, -0.05) is 0 Å². The Hall–Kier alpha value is -0.100. The zero-order valence-corrected chi connectivity index (χ0v) is 8.61. The summed E-state index contributed by atoms with van der Waals surface area (Å²) in [6.07, 6.45) is 1.96. The van der Waals surface area contributed by atoms with Crippen LogP contribution in [0.5, 0.6) is 0 Å². The van der Waals surface area contributed by atoms with Gasteiger partial charge in [-0.2, -0.15) is 5.10 Å². The van der Waals surface area contributed by atoms with E-state index in [4.69, 9.17) is 4.74 Å². The summed E-state index contributed by atoms with van der Waals surface area (Å²) >= 11 is 2.19. The summed E-state index contributed by atoms with van der Waals surface area (Å²) in [5.41, 5.74) is 0. The van der Waals surface area contributed by atoms with E-state index in [1.165, 1.54) is 0 Å². The average Bonchev–Trinajstić information content (AvgIpc) is 2.37. The molecule has 4 heteroatoms. The SMILES string of the molecule is CCOCCn1ccc(I)n1. The first-order valence-electron chi connectivity index (χ1n) is 3.59. The van der Waals surface area contributed by atoms with E-state index in [2.05, 4.69) is 27.7 Å². The second-order valence-corrected chi connectivity index (χ2v) is 3.20. The molecule has 0 aliphatic heterocycles. The minimum atomic E-state index is 0.744. The number of halogens is 1. The summed E-state index contributed by atoms with van der Waals surface area (Å²) in [4.78, 5) is 0. The van der Waals surface area contributed by atoms with Crippen LogP contribution in [0.3, 0.4) is 0 Å². The average molecular weight is 266 g/mol. The van der Waals surface area contributed by atoms with Crippen molar-refractivity contribution in [2.24, 2.45) is 0 Å². The van der Waals surface area contributed by atoms with E-state index in [9.17, 15) is 0 Å². The van der Waals surface area contributed by atoms with Gasteiger partial charge in [-0.25, -0.2) is 0 Å². The van der Waals surface area contributed by atoms with Gasteiger partial charge in [0.25, 0.3) is 0 Å². The molecule has 0 fully saturated rings. The van der Waals surface area contributed by atoms with Crippen molar-refractivity contribution in [3.8, 4) is 0 Å². The van der Waals surface area contributed by atoms with Gasteiger partial charge in [-0.3, -0.25) is 4.68 Å². The molecule has 1 rings (SSSR count). The number of hydrogen-bond donors (Lipinski definition) is 0. The molecule has 0 aliphatic carbocycles. The lowest BCUT2D eigenvalue weighted by Crippen LogP contribution is -2.06. The van der Waals surface area contributed by atoms with Gasteiger partial charge >= 0.3 is 0 Å². The normalized spacial score (nSPS) is 10.4. The summed E-state index contributed by atoms with van der Waals surface area (Å²) in [6, 6.07) is 1.98. The highest BCUT2D eigenvalue weighted by molar-refractivity contribution is 14.1. The molecule has 0 amide bonds. The maximum atomic E-state index is 5.18. The fourth-order valence-electron chi connectivity index (χ4n) is 0.764. The Balaban J connectivity index is 2.27. The second kappa shape index (κ2) is 4.71. The zero-order valence-electron chi connectivity index (χ0n) is 6.46. The Morgan fingerprint density at radius 3 is 3.09 bits per heavy atom. The minimum Gasteiger partial charge on any atom is -0.380 e. The first kappa shape index (κ1) is 8.99. The van der Waals surface area contributed by atoms with Crippen LogP contribution in [0.4, 0.5) is 0 Å². The van der Waals surface area contributed by atoms with Crippen LogP contribution in [0.1, 0.15) is 6.92 Å². The molecule has 62 valence electrons. The van der Waals surface area contributed by atoms with Crippen LogP contribution in [0.25, 0.3) is 0 Å². The second-order valence-electron chi connectivity index (χ2n) is 2.10. The molecule has 0 unspecified atom stereocenters. The van der Waals surface area contributed by atoms with Crippen molar-refractivity contribution in [3.05, 3.63) is 16.0 Å². The van der Waals surface area contributed by atoms with E-state index < -0.39 is 0 Å². The standard InChI is InChI=1S/C7H11IN2O/c1-2-11-6-5-10-4-3-7(8)9-10/h3-4H,2,5-6H2,1H3. The van der Waals surface area contributed by atoms with Gasteiger partial charge in [0.05, 0.1) is 13.2 Å². The van der Waals surface area contributed by atoms with Crippen LogP contribution in [0.15, 0.2) is 12.3 Å². The molecule has 0 spiro atoms. The predicted octanol–water partition coefficient (Wildman–Crippen LogP) is 1.52. The highest BCUT2D eigenvalue weighted by Crippen LogP contribution is 1.98. The third-order valence-corrected chi connectivity index (χ3v) is 1.85. The summed E-state index contributed by atoms with van der Waals surface area (Å²) < 4.78 is 8.10. The van der Waals surface area contributed by atoms with Crippen molar-refractivity contribution in [1.82, 2.24) is 9.78 Å². The first-order valence-corrected chi connectivity index (χ1v) is 4.67. The van der Waals surface area contributed by atoms with E-state index in [1.54, 1.807) is 0 Å². The van der Waals surface area contributed by atoms with Crippen molar-refractivity contribution < 1.29 is 4.74 Å². The molecule has 0 saturated carbocycles. The van der Waals surface area contributed by atoms with Gasteiger partial charge < -0.3 is 4.74 Å². The topological polar surface area (TPSA) is 27.1 Å². The van der Waals surface area contributed by atoms with Crippen LogP contribution in [-0.2, 0) is 11.3 Å². The smallest absolute Gasteiger partial charge is 0.123 e.